The molecular weight excluding hydrogens is 456 g/mol. The molecule has 0 bridgehead atoms. The minimum absolute atomic E-state index is 0.00464. The molecule has 36 heavy (non-hydrogen) atoms. The fraction of sp³-hybridized carbons (Fsp3) is 0.667. The molecule has 3 aliphatic heterocycles. The number of rotatable bonds is 5. The van der Waals surface area contributed by atoms with Crippen molar-refractivity contribution in [1.29, 1.82) is 5.26 Å². The van der Waals surface area contributed by atoms with Crippen LogP contribution >= 0.6 is 0 Å². The van der Waals surface area contributed by atoms with E-state index in [1.54, 1.807) is 12.1 Å². The number of nitriles is 1. The smallest absolute Gasteiger partial charge is 0.260 e. The lowest BCUT2D eigenvalue weighted by Crippen LogP contribution is -2.45. The average Bonchev–Trinajstić information content (AvgIpc) is 3.48. The van der Waals surface area contributed by atoms with Gasteiger partial charge in [-0.15, -0.1) is 0 Å². The first-order chi connectivity index (χ1) is 17.4. The fourth-order valence-electron chi connectivity index (χ4n) is 6.42. The van der Waals surface area contributed by atoms with E-state index < -0.39 is 0 Å². The number of hydrogen-bond donors (Lipinski definition) is 3. The summed E-state index contributed by atoms with van der Waals surface area (Å²) in [5.74, 6) is 2.22. The largest absolute Gasteiger partial charge is 0.483 e. The zero-order chi connectivity index (χ0) is 25.2. The van der Waals surface area contributed by atoms with Gasteiger partial charge >= 0.3 is 0 Å². The van der Waals surface area contributed by atoms with Crippen LogP contribution in [0.15, 0.2) is 18.2 Å². The van der Waals surface area contributed by atoms with E-state index in [1.165, 1.54) is 0 Å². The third-order valence-electron chi connectivity index (χ3n) is 8.61. The van der Waals surface area contributed by atoms with Crippen LogP contribution in [0.1, 0.15) is 63.0 Å². The first kappa shape index (κ1) is 25.0. The van der Waals surface area contributed by atoms with Crippen LogP contribution in [0.5, 0.6) is 5.75 Å². The van der Waals surface area contributed by atoms with E-state index in [-0.39, 0.29) is 24.3 Å². The Morgan fingerprint density at radius 2 is 1.78 bits per heavy atom. The Bertz CT molecular complexity index is 1010. The number of fused-ring (bicyclic) bond motifs is 2. The molecule has 5 rings (SSSR count). The number of carbonyl (C=O) groups excluding carboxylic acids is 2. The predicted molar refractivity (Wildman–Crippen MR) is 134 cm³/mol. The SMILES string of the molecule is CC(C)c1cc(C#N)ccc1OCC(=O)N1CC[C@@H]2CN(C(=O)C3CCC4NNNC4C3)C[C@@H]2CC1. The molecule has 4 aliphatic rings. The summed E-state index contributed by atoms with van der Waals surface area (Å²) >= 11 is 0. The Morgan fingerprint density at radius 1 is 1.06 bits per heavy atom. The molecule has 2 amide bonds. The number of amides is 2. The maximum atomic E-state index is 13.3. The van der Waals surface area contributed by atoms with Crippen molar-refractivity contribution in [3.63, 3.8) is 0 Å². The molecule has 0 radical (unpaired) electrons. The summed E-state index contributed by atoms with van der Waals surface area (Å²) in [4.78, 5) is 30.3. The molecule has 1 saturated carbocycles. The molecule has 5 atom stereocenters. The van der Waals surface area contributed by atoms with Crippen LogP contribution in [-0.2, 0) is 9.59 Å². The molecule has 1 aliphatic carbocycles. The molecule has 0 aromatic heterocycles. The Morgan fingerprint density at radius 3 is 2.47 bits per heavy atom. The van der Waals surface area contributed by atoms with E-state index in [0.717, 1.165) is 50.8 Å². The molecule has 9 nitrogen and oxygen atoms in total. The third kappa shape index (κ3) is 5.22. The minimum Gasteiger partial charge on any atom is -0.483 e. The second kappa shape index (κ2) is 10.8. The maximum Gasteiger partial charge on any atom is 0.260 e. The average molecular weight is 495 g/mol. The van der Waals surface area contributed by atoms with Gasteiger partial charge in [-0.3, -0.25) is 9.59 Å². The quantitative estimate of drug-likeness (QED) is 0.574. The fourth-order valence-corrected chi connectivity index (χ4v) is 6.42. The number of likely N-dealkylation sites (tertiary alicyclic amines) is 2. The summed E-state index contributed by atoms with van der Waals surface area (Å²) in [6, 6.07) is 8.27. The van der Waals surface area contributed by atoms with Crippen molar-refractivity contribution in [1.82, 2.24) is 26.2 Å². The van der Waals surface area contributed by atoms with E-state index in [1.807, 2.05) is 11.0 Å². The van der Waals surface area contributed by atoms with E-state index >= 15 is 0 Å². The number of carbonyl (C=O) groups is 2. The first-order valence-electron chi connectivity index (χ1n) is 13.4. The van der Waals surface area contributed by atoms with E-state index in [2.05, 4.69) is 41.2 Å². The van der Waals surface area contributed by atoms with Crippen LogP contribution in [0.2, 0.25) is 0 Å². The topological polar surface area (TPSA) is 110 Å². The molecule has 0 spiro atoms. The number of nitrogens with one attached hydrogen (secondary N) is 3. The van der Waals surface area contributed by atoms with Gasteiger partial charge in [-0.1, -0.05) is 13.8 Å². The van der Waals surface area contributed by atoms with Gasteiger partial charge in [0.25, 0.3) is 5.91 Å². The zero-order valence-electron chi connectivity index (χ0n) is 21.3. The Kier molecular flexibility index (Phi) is 7.47. The van der Waals surface area contributed by atoms with Crippen molar-refractivity contribution < 1.29 is 14.3 Å². The number of nitrogens with zero attached hydrogens (tertiary/aromatic N) is 3. The summed E-state index contributed by atoms with van der Waals surface area (Å²) in [6.07, 6.45) is 4.71. The van der Waals surface area contributed by atoms with Gasteiger partial charge in [0.1, 0.15) is 5.75 Å². The standard InChI is InChI=1S/C27H38N6O3/c1-17(2)22-11-18(13-28)3-6-25(22)36-16-26(34)32-9-7-20-14-33(15-21(20)8-10-32)27(35)19-4-5-23-24(12-19)30-31-29-23/h3,6,11,17,19-21,23-24,29-31H,4-5,7-10,12,14-16H2,1-2H3/t19?,20-,21+,23?,24?. The minimum atomic E-state index is 0.00464. The molecule has 3 unspecified atom stereocenters. The monoisotopic (exact) mass is 494 g/mol. The second-order valence-electron chi connectivity index (χ2n) is 11.2. The van der Waals surface area contributed by atoms with Gasteiger partial charge in [-0.2, -0.15) is 10.8 Å². The van der Waals surface area contributed by atoms with E-state index in [0.29, 0.717) is 54.2 Å². The molecule has 3 heterocycles. The summed E-state index contributed by atoms with van der Waals surface area (Å²) in [6.45, 7) is 7.18. The van der Waals surface area contributed by atoms with Crippen molar-refractivity contribution in [2.24, 2.45) is 17.8 Å². The highest BCUT2D eigenvalue weighted by Gasteiger charge is 2.42. The van der Waals surface area contributed by atoms with Crippen molar-refractivity contribution in [2.75, 3.05) is 32.8 Å². The second-order valence-corrected chi connectivity index (χ2v) is 11.2. The van der Waals surface area contributed by atoms with Gasteiger partial charge in [-0.05, 0) is 73.6 Å². The summed E-state index contributed by atoms with van der Waals surface area (Å²) in [5.41, 5.74) is 11.0. The lowest BCUT2D eigenvalue weighted by molar-refractivity contribution is -0.136. The van der Waals surface area contributed by atoms with Crippen LogP contribution in [-0.4, -0.2) is 66.5 Å². The third-order valence-corrected chi connectivity index (χ3v) is 8.61. The van der Waals surface area contributed by atoms with Crippen LogP contribution < -0.4 is 21.1 Å². The first-order valence-corrected chi connectivity index (χ1v) is 13.4. The number of ether oxygens (including phenoxy) is 1. The molecule has 3 N–H and O–H groups in total. The predicted octanol–water partition coefficient (Wildman–Crippen LogP) is 1.91. The van der Waals surface area contributed by atoms with Gasteiger partial charge < -0.3 is 14.5 Å². The number of hydrogen-bond acceptors (Lipinski definition) is 7. The van der Waals surface area contributed by atoms with Crippen LogP contribution in [0.25, 0.3) is 0 Å². The number of hydrazine groups is 2. The van der Waals surface area contributed by atoms with Crippen molar-refractivity contribution in [3.8, 4) is 11.8 Å². The summed E-state index contributed by atoms with van der Waals surface area (Å²) < 4.78 is 5.93. The highest BCUT2D eigenvalue weighted by atomic mass is 16.5. The molecule has 1 aromatic rings. The Balaban J connectivity index is 1.11. The van der Waals surface area contributed by atoms with E-state index in [9.17, 15) is 14.9 Å². The lowest BCUT2D eigenvalue weighted by Gasteiger charge is -2.32. The van der Waals surface area contributed by atoms with Crippen LogP contribution in [0.3, 0.4) is 0 Å². The van der Waals surface area contributed by atoms with Gasteiger partial charge in [-0.25, -0.2) is 10.9 Å². The lowest BCUT2D eigenvalue weighted by atomic mass is 9.82. The normalized spacial score (nSPS) is 29.9. The molecule has 9 heteroatoms. The van der Waals surface area contributed by atoms with Crippen molar-refractivity contribution >= 4 is 11.8 Å². The summed E-state index contributed by atoms with van der Waals surface area (Å²) in [7, 11) is 0. The maximum absolute atomic E-state index is 13.3. The molecule has 194 valence electrons. The van der Waals surface area contributed by atoms with Gasteiger partial charge in [0.2, 0.25) is 5.91 Å². The molecule has 1 aromatic carbocycles. The van der Waals surface area contributed by atoms with Crippen LogP contribution in [0.4, 0.5) is 0 Å². The van der Waals surface area contributed by atoms with Crippen LogP contribution in [0, 0.1) is 29.1 Å². The van der Waals surface area contributed by atoms with E-state index in [4.69, 9.17) is 4.74 Å². The highest BCUT2D eigenvalue weighted by Crippen LogP contribution is 2.35. The molecule has 4 fully saturated rings. The summed E-state index contributed by atoms with van der Waals surface area (Å²) in [5, 5.41) is 9.18. The van der Waals surface area contributed by atoms with Crippen molar-refractivity contribution in [3.05, 3.63) is 29.3 Å². The van der Waals surface area contributed by atoms with Gasteiger partial charge in [0, 0.05) is 44.2 Å². The van der Waals surface area contributed by atoms with Crippen molar-refractivity contribution in [2.45, 2.75) is 64.0 Å². The Labute approximate surface area is 213 Å². The zero-order valence-corrected chi connectivity index (χ0v) is 21.3. The molecular formula is C27H38N6O3. The highest BCUT2D eigenvalue weighted by molar-refractivity contribution is 5.79. The van der Waals surface area contributed by atoms with Gasteiger partial charge in [0.15, 0.2) is 6.61 Å². The Hall–Kier alpha value is -2.67. The number of benzene rings is 1. The molecule has 3 saturated heterocycles. The van der Waals surface area contributed by atoms with Gasteiger partial charge in [0.05, 0.1) is 11.6 Å².